The highest BCUT2D eigenvalue weighted by molar-refractivity contribution is 7.99. The molecule has 0 saturated heterocycles. The standard InChI is InChI=1S/C22H21N3O3S3/c1-14(11-28-2)23-18(26)13-31-22-24-20-19(16(12-30-20)17-9-6-10-29-17)21(27)25(22)15-7-4-3-5-8-15/h3-10,12,14H,11,13H2,1-2H3,(H,23,26). The topological polar surface area (TPSA) is 73.2 Å². The molecule has 0 spiro atoms. The van der Waals surface area contributed by atoms with Gasteiger partial charge in [0.15, 0.2) is 5.16 Å². The van der Waals surface area contributed by atoms with Crippen LogP contribution >= 0.6 is 34.4 Å². The molecule has 1 atom stereocenters. The number of carbonyl (C=O) groups is 1. The van der Waals surface area contributed by atoms with E-state index in [1.165, 1.54) is 23.1 Å². The summed E-state index contributed by atoms with van der Waals surface area (Å²) in [6, 6.07) is 13.3. The predicted octanol–water partition coefficient (Wildman–Crippen LogP) is 4.42. The number of aromatic nitrogens is 2. The van der Waals surface area contributed by atoms with Gasteiger partial charge in [0, 0.05) is 29.0 Å². The molecular formula is C22H21N3O3S3. The van der Waals surface area contributed by atoms with Crippen LogP contribution in [0, 0.1) is 0 Å². The molecule has 1 amide bonds. The van der Waals surface area contributed by atoms with Crippen LogP contribution in [-0.2, 0) is 9.53 Å². The number of carbonyl (C=O) groups excluding carboxylic acids is 1. The van der Waals surface area contributed by atoms with Gasteiger partial charge in [-0.1, -0.05) is 36.0 Å². The molecule has 3 aromatic heterocycles. The van der Waals surface area contributed by atoms with Crippen LogP contribution < -0.4 is 10.9 Å². The number of nitrogens with zero attached hydrogens (tertiary/aromatic N) is 2. The summed E-state index contributed by atoms with van der Waals surface area (Å²) in [6.45, 7) is 2.32. The molecule has 160 valence electrons. The van der Waals surface area contributed by atoms with Crippen molar-refractivity contribution in [3.05, 3.63) is 63.6 Å². The fourth-order valence-electron chi connectivity index (χ4n) is 3.23. The number of nitrogens with one attached hydrogen (secondary N) is 1. The smallest absolute Gasteiger partial charge is 0.268 e. The van der Waals surface area contributed by atoms with Gasteiger partial charge in [-0.05, 0) is 30.5 Å². The number of para-hydroxylation sites is 1. The molecular weight excluding hydrogens is 450 g/mol. The van der Waals surface area contributed by atoms with Gasteiger partial charge >= 0.3 is 0 Å². The molecule has 4 aromatic rings. The Balaban J connectivity index is 1.74. The second kappa shape index (κ2) is 9.78. The summed E-state index contributed by atoms with van der Waals surface area (Å²) in [6.07, 6.45) is 0. The molecule has 0 fully saturated rings. The highest BCUT2D eigenvalue weighted by Gasteiger charge is 2.20. The lowest BCUT2D eigenvalue weighted by Crippen LogP contribution is -2.36. The molecule has 1 aromatic carbocycles. The van der Waals surface area contributed by atoms with E-state index in [2.05, 4.69) is 5.32 Å². The Kier molecular flexibility index (Phi) is 6.86. The first-order chi connectivity index (χ1) is 15.1. The zero-order valence-electron chi connectivity index (χ0n) is 17.0. The molecule has 9 heteroatoms. The second-order valence-corrected chi connectivity index (χ2v) is 9.64. The van der Waals surface area contributed by atoms with Gasteiger partial charge in [-0.2, -0.15) is 0 Å². The lowest BCUT2D eigenvalue weighted by atomic mass is 10.2. The Morgan fingerprint density at radius 2 is 2.03 bits per heavy atom. The van der Waals surface area contributed by atoms with Gasteiger partial charge in [0.1, 0.15) is 4.83 Å². The minimum absolute atomic E-state index is 0.0875. The molecule has 0 bridgehead atoms. The maximum Gasteiger partial charge on any atom is 0.268 e. The van der Waals surface area contributed by atoms with Crippen molar-refractivity contribution in [2.24, 2.45) is 0 Å². The number of amides is 1. The lowest BCUT2D eigenvalue weighted by molar-refractivity contribution is -0.119. The van der Waals surface area contributed by atoms with Gasteiger partial charge in [0.25, 0.3) is 5.56 Å². The lowest BCUT2D eigenvalue weighted by Gasteiger charge is -2.14. The van der Waals surface area contributed by atoms with Crippen molar-refractivity contribution in [3.8, 4) is 16.1 Å². The van der Waals surface area contributed by atoms with Crippen LogP contribution in [0.15, 0.2) is 63.2 Å². The molecule has 0 radical (unpaired) electrons. The minimum atomic E-state index is -0.131. The Bertz CT molecular complexity index is 1230. The van der Waals surface area contributed by atoms with E-state index in [0.717, 1.165) is 16.1 Å². The van der Waals surface area contributed by atoms with Crippen molar-refractivity contribution in [1.29, 1.82) is 0 Å². The molecule has 31 heavy (non-hydrogen) atoms. The number of hydrogen-bond donors (Lipinski definition) is 1. The molecule has 0 aliphatic rings. The van der Waals surface area contributed by atoms with Crippen LogP contribution in [0.3, 0.4) is 0 Å². The number of fused-ring (bicyclic) bond motifs is 1. The van der Waals surface area contributed by atoms with Crippen molar-refractivity contribution < 1.29 is 9.53 Å². The summed E-state index contributed by atoms with van der Waals surface area (Å²) < 4.78 is 6.66. The van der Waals surface area contributed by atoms with Crippen LogP contribution in [0.1, 0.15) is 6.92 Å². The van der Waals surface area contributed by atoms with Crippen molar-refractivity contribution >= 4 is 50.6 Å². The normalized spacial score (nSPS) is 12.2. The quantitative estimate of drug-likeness (QED) is 0.304. The van der Waals surface area contributed by atoms with E-state index in [1.54, 1.807) is 23.0 Å². The van der Waals surface area contributed by atoms with E-state index in [0.29, 0.717) is 22.0 Å². The third kappa shape index (κ3) is 4.74. The predicted molar refractivity (Wildman–Crippen MR) is 129 cm³/mol. The number of rotatable bonds is 8. The van der Waals surface area contributed by atoms with E-state index in [4.69, 9.17) is 9.72 Å². The van der Waals surface area contributed by atoms with Gasteiger partial charge in [0.05, 0.1) is 23.4 Å². The summed E-state index contributed by atoms with van der Waals surface area (Å²) in [7, 11) is 1.60. The minimum Gasteiger partial charge on any atom is -0.383 e. The summed E-state index contributed by atoms with van der Waals surface area (Å²) in [4.78, 5) is 32.5. The third-order valence-electron chi connectivity index (χ3n) is 4.53. The van der Waals surface area contributed by atoms with Gasteiger partial charge in [-0.3, -0.25) is 14.2 Å². The Morgan fingerprint density at radius 3 is 2.74 bits per heavy atom. The monoisotopic (exact) mass is 471 g/mol. The van der Waals surface area contributed by atoms with E-state index >= 15 is 0 Å². The van der Waals surface area contributed by atoms with Crippen LogP contribution in [0.2, 0.25) is 0 Å². The van der Waals surface area contributed by atoms with Crippen LogP contribution in [0.25, 0.3) is 26.3 Å². The molecule has 3 heterocycles. The largest absolute Gasteiger partial charge is 0.383 e. The highest BCUT2D eigenvalue weighted by Crippen LogP contribution is 2.35. The molecule has 0 saturated carbocycles. The Hall–Kier alpha value is -2.46. The third-order valence-corrected chi connectivity index (χ3v) is 7.25. The van der Waals surface area contributed by atoms with E-state index in [-0.39, 0.29) is 23.3 Å². The van der Waals surface area contributed by atoms with Crippen molar-refractivity contribution in [3.63, 3.8) is 0 Å². The van der Waals surface area contributed by atoms with E-state index in [9.17, 15) is 9.59 Å². The number of thioether (sulfide) groups is 1. The SMILES string of the molecule is COCC(C)NC(=O)CSc1nc2scc(-c3cccs3)c2c(=O)n1-c1ccccc1. The van der Waals surface area contributed by atoms with Crippen molar-refractivity contribution in [2.45, 2.75) is 18.1 Å². The summed E-state index contributed by atoms with van der Waals surface area (Å²) in [5.41, 5.74) is 1.50. The van der Waals surface area contributed by atoms with E-state index in [1.807, 2.05) is 60.1 Å². The molecule has 1 N–H and O–H groups in total. The fourth-order valence-corrected chi connectivity index (χ4v) is 5.85. The Labute approximate surface area is 191 Å². The van der Waals surface area contributed by atoms with Crippen LogP contribution in [-0.4, -0.2) is 41.0 Å². The second-order valence-electron chi connectivity index (χ2n) is 6.89. The first kappa shape index (κ1) is 21.8. The first-order valence-electron chi connectivity index (χ1n) is 9.63. The molecule has 0 aliphatic heterocycles. The molecule has 0 aliphatic carbocycles. The zero-order chi connectivity index (χ0) is 21.8. The van der Waals surface area contributed by atoms with Gasteiger partial charge < -0.3 is 10.1 Å². The average molecular weight is 472 g/mol. The van der Waals surface area contributed by atoms with Crippen molar-refractivity contribution in [1.82, 2.24) is 14.9 Å². The van der Waals surface area contributed by atoms with Gasteiger partial charge in [0.2, 0.25) is 5.91 Å². The summed E-state index contributed by atoms with van der Waals surface area (Å²) in [5, 5.41) is 7.97. The maximum absolute atomic E-state index is 13.6. The molecule has 4 rings (SSSR count). The number of hydrogen-bond acceptors (Lipinski definition) is 7. The summed E-state index contributed by atoms with van der Waals surface area (Å²) >= 11 is 4.30. The number of ether oxygens (including phenoxy) is 1. The number of thiophene rings is 2. The van der Waals surface area contributed by atoms with Crippen molar-refractivity contribution in [2.75, 3.05) is 19.5 Å². The zero-order valence-corrected chi connectivity index (χ0v) is 19.5. The van der Waals surface area contributed by atoms with Gasteiger partial charge in [-0.15, -0.1) is 22.7 Å². The van der Waals surface area contributed by atoms with Gasteiger partial charge in [-0.25, -0.2) is 4.98 Å². The molecule has 1 unspecified atom stereocenters. The first-order valence-corrected chi connectivity index (χ1v) is 12.4. The highest BCUT2D eigenvalue weighted by atomic mass is 32.2. The average Bonchev–Trinajstić information content (AvgIpc) is 3.43. The summed E-state index contributed by atoms with van der Waals surface area (Å²) in [5.74, 6) is 0.0242. The number of benzene rings is 1. The maximum atomic E-state index is 13.6. The van der Waals surface area contributed by atoms with Crippen LogP contribution in [0.4, 0.5) is 0 Å². The number of methoxy groups -OCH3 is 1. The van der Waals surface area contributed by atoms with Crippen LogP contribution in [0.5, 0.6) is 0 Å². The fraction of sp³-hybridized carbons (Fsp3) is 0.227. The molecule has 6 nitrogen and oxygen atoms in total. The Morgan fingerprint density at radius 1 is 1.23 bits per heavy atom. The van der Waals surface area contributed by atoms with E-state index < -0.39 is 0 Å².